The Labute approximate surface area is 188 Å². The van der Waals surface area contributed by atoms with E-state index in [0.717, 1.165) is 18.4 Å². The summed E-state index contributed by atoms with van der Waals surface area (Å²) in [6.45, 7) is 8.22. The molecule has 2 aromatic rings. The van der Waals surface area contributed by atoms with Gasteiger partial charge in [-0.1, -0.05) is 6.07 Å². The second-order valence-electron chi connectivity index (χ2n) is 9.15. The lowest BCUT2D eigenvalue weighted by atomic mass is 9.99. The van der Waals surface area contributed by atoms with Crippen LogP contribution >= 0.6 is 0 Å². The first-order valence-corrected chi connectivity index (χ1v) is 10.6. The van der Waals surface area contributed by atoms with Gasteiger partial charge in [-0.3, -0.25) is 11.1 Å². The molecule has 1 aliphatic heterocycles. The van der Waals surface area contributed by atoms with Crippen LogP contribution in [-0.4, -0.2) is 46.1 Å². The minimum absolute atomic E-state index is 0.0707. The molecule has 172 valence electrons. The molecule has 10 heteroatoms. The lowest BCUT2D eigenvalue weighted by molar-refractivity contribution is -0.114. The number of rotatable bonds is 4. The molecule has 0 saturated carbocycles. The van der Waals surface area contributed by atoms with Crippen LogP contribution in [0.2, 0.25) is 0 Å². The molecule has 1 aromatic heterocycles. The van der Waals surface area contributed by atoms with Crippen molar-refractivity contribution in [1.82, 2.24) is 15.3 Å². The van der Waals surface area contributed by atoms with Gasteiger partial charge in [0.15, 0.2) is 0 Å². The third-order valence-electron chi connectivity index (χ3n) is 5.29. The zero-order valence-electron chi connectivity index (χ0n) is 19.1. The number of aromatic nitrogens is 2. The minimum atomic E-state index is -0.550. The molecule has 1 saturated heterocycles. The number of amidine groups is 1. The van der Waals surface area contributed by atoms with E-state index in [1.165, 1.54) is 0 Å². The van der Waals surface area contributed by atoms with Gasteiger partial charge in [-0.05, 0) is 52.7 Å². The maximum Gasteiger partial charge on any atom is 0.407 e. The van der Waals surface area contributed by atoms with Gasteiger partial charge < -0.3 is 26.4 Å². The maximum atomic E-state index is 12.2. The van der Waals surface area contributed by atoms with Gasteiger partial charge in [-0.25, -0.2) is 9.78 Å². The Hall–Kier alpha value is -3.56. The van der Waals surface area contributed by atoms with Crippen molar-refractivity contribution < 1.29 is 14.9 Å². The van der Waals surface area contributed by atoms with Gasteiger partial charge in [0.2, 0.25) is 5.95 Å². The summed E-state index contributed by atoms with van der Waals surface area (Å²) in [5.74, 6) is 0.991. The third-order valence-corrected chi connectivity index (χ3v) is 5.29. The molecule has 1 aliphatic rings. The summed E-state index contributed by atoms with van der Waals surface area (Å²) >= 11 is 0. The average molecular weight is 442 g/mol. The smallest absolute Gasteiger partial charge is 0.407 e. The van der Waals surface area contributed by atoms with Gasteiger partial charge in [0.1, 0.15) is 11.4 Å². The molecule has 0 spiro atoms. The van der Waals surface area contributed by atoms with Crippen LogP contribution in [-0.2, 0) is 4.74 Å². The van der Waals surface area contributed by atoms with Crippen molar-refractivity contribution in [3.05, 3.63) is 29.8 Å². The predicted octanol–water partition coefficient (Wildman–Crippen LogP) is 0.654. The highest BCUT2D eigenvalue weighted by molar-refractivity contribution is 5.98. The van der Waals surface area contributed by atoms with Crippen molar-refractivity contribution in [2.24, 2.45) is 5.73 Å². The van der Waals surface area contributed by atoms with Gasteiger partial charge in [0, 0.05) is 35.9 Å². The number of nitrogens with zero attached hydrogens (tertiary/aromatic N) is 3. The molecule has 2 heterocycles. The Morgan fingerprint density at radius 2 is 1.94 bits per heavy atom. The summed E-state index contributed by atoms with van der Waals surface area (Å²) in [7, 11) is 0. The number of hydrogen-bond acceptors (Lipinski definition) is 7. The fraction of sp³-hybridized carbons (Fsp3) is 0.455. The van der Waals surface area contributed by atoms with E-state index in [2.05, 4.69) is 27.1 Å². The number of ether oxygens (including phenoxy) is 1. The van der Waals surface area contributed by atoms with E-state index in [4.69, 9.17) is 27.3 Å². The number of nitrogens with two attached hydrogens (primary N) is 4. The molecule has 2 unspecified atom stereocenters. The molecule has 1 amide bonds. The monoisotopic (exact) mass is 441 g/mol. The van der Waals surface area contributed by atoms with Crippen molar-refractivity contribution in [1.29, 1.82) is 0 Å². The standard InChI is InChI=1S/C22H32N8O2/c1-12-5-7-14(27-21(31)32-22(2,3)4)11-30(12)18-10-17(28-20(26)29-18)13-6-8-15(19(24)25)16(23)9-13/h6,8-10,12,14H,5,7,11,23H2,1-4H3,(H3,24,25)(H,27,31)(H2,26,28,29)/p+1. The fourth-order valence-corrected chi connectivity index (χ4v) is 3.75. The molecular formula is C22H33N8O2+. The molecule has 0 bridgehead atoms. The van der Waals surface area contributed by atoms with Crippen molar-refractivity contribution in [3.63, 3.8) is 0 Å². The lowest BCUT2D eigenvalue weighted by Gasteiger charge is -2.39. The largest absolute Gasteiger partial charge is 0.444 e. The summed E-state index contributed by atoms with van der Waals surface area (Å²) in [4.78, 5) is 23.2. The van der Waals surface area contributed by atoms with E-state index in [9.17, 15) is 4.79 Å². The summed E-state index contributed by atoms with van der Waals surface area (Å²) < 4.78 is 5.40. The number of alkyl carbamates (subject to hydrolysis) is 1. The van der Waals surface area contributed by atoms with E-state index in [0.29, 0.717) is 29.3 Å². The molecule has 9 N–H and O–H groups in total. The van der Waals surface area contributed by atoms with Crippen molar-refractivity contribution >= 4 is 29.4 Å². The number of hydrogen-bond donors (Lipinski definition) is 5. The second kappa shape index (κ2) is 8.89. The highest BCUT2D eigenvalue weighted by atomic mass is 16.6. The van der Waals surface area contributed by atoms with Crippen LogP contribution in [0, 0.1) is 0 Å². The van der Waals surface area contributed by atoms with E-state index >= 15 is 0 Å². The SMILES string of the molecule is CC1CCC(NC(=O)OC(C)(C)C)CN1c1cc(-c2ccc(C(N)=[NH2+])c(N)c2)nc(N)n1. The first-order valence-electron chi connectivity index (χ1n) is 10.6. The Kier molecular flexibility index (Phi) is 6.42. The quantitative estimate of drug-likeness (QED) is 0.261. The molecule has 32 heavy (non-hydrogen) atoms. The van der Waals surface area contributed by atoms with E-state index in [-0.39, 0.29) is 23.9 Å². The van der Waals surface area contributed by atoms with Crippen molar-refractivity contribution in [3.8, 4) is 11.3 Å². The number of carbonyl (C=O) groups excluding carboxylic acids is 1. The van der Waals surface area contributed by atoms with Gasteiger partial charge in [-0.15, -0.1) is 0 Å². The van der Waals surface area contributed by atoms with E-state index in [1.807, 2.05) is 32.9 Å². The highest BCUT2D eigenvalue weighted by Gasteiger charge is 2.29. The van der Waals surface area contributed by atoms with Crippen LogP contribution in [0.4, 0.5) is 22.2 Å². The molecule has 2 atom stereocenters. The number of nitrogens with one attached hydrogen (secondary N) is 1. The lowest BCUT2D eigenvalue weighted by Crippen LogP contribution is -2.52. The summed E-state index contributed by atoms with van der Waals surface area (Å²) in [5, 5.41) is 8.63. The van der Waals surface area contributed by atoms with E-state index in [1.54, 1.807) is 12.1 Å². The Bertz CT molecular complexity index is 1020. The Morgan fingerprint density at radius 3 is 2.56 bits per heavy atom. The van der Waals surface area contributed by atoms with Crippen LogP contribution < -0.4 is 32.8 Å². The number of nitrogen functional groups attached to an aromatic ring is 2. The number of carbonyl (C=O) groups is 1. The van der Waals surface area contributed by atoms with Gasteiger partial charge in [0.25, 0.3) is 5.84 Å². The zero-order chi connectivity index (χ0) is 23.6. The van der Waals surface area contributed by atoms with Crippen LogP contribution in [0.5, 0.6) is 0 Å². The van der Waals surface area contributed by atoms with Gasteiger partial charge in [0.05, 0.1) is 11.3 Å². The van der Waals surface area contributed by atoms with Gasteiger partial charge in [-0.2, -0.15) is 4.98 Å². The maximum absolute atomic E-state index is 12.2. The highest BCUT2D eigenvalue weighted by Crippen LogP contribution is 2.29. The molecule has 1 fully saturated rings. The number of piperidine rings is 1. The van der Waals surface area contributed by atoms with Crippen LogP contribution in [0.25, 0.3) is 11.3 Å². The molecule has 3 rings (SSSR count). The fourth-order valence-electron chi connectivity index (χ4n) is 3.75. The minimum Gasteiger partial charge on any atom is -0.444 e. The van der Waals surface area contributed by atoms with E-state index < -0.39 is 11.7 Å². The summed E-state index contributed by atoms with van der Waals surface area (Å²) in [5.41, 5.74) is 19.7. The molecular weight excluding hydrogens is 408 g/mol. The summed E-state index contributed by atoms with van der Waals surface area (Å²) in [6, 6.07) is 7.36. The Morgan fingerprint density at radius 1 is 1.22 bits per heavy atom. The first-order chi connectivity index (χ1) is 14.9. The van der Waals surface area contributed by atoms with Crippen molar-refractivity contribution in [2.45, 2.75) is 58.2 Å². The number of amides is 1. The van der Waals surface area contributed by atoms with Crippen LogP contribution in [0.1, 0.15) is 46.1 Å². The normalized spacial score (nSPS) is 18.8. The molecule has 0 aliphatic carbocycles. The predicted molar refractivity (Wildman–Crippen MR) is 126 cm³/mol. The van der Waals surface area contributed by atoms with Crippen LogP contribution in [0.3, 0.4) is 0 Å². The molecule has 1 aromatic carbocycles. The topological polar surface area (TPSA) is 171 Å². The van der Waals surface area contributed by atoms with Crippen LogP contribution in [0.15, 0.2) is 24.3 Å². The van der Waals surface area contributed by atoms with Gasteiger partial charge >= 0.3 is 6.09 Å². The number of anilines is 3. The second-order valence-corrected chi connectivity index (χ2v) is 9.15. The zero-order valence-corrected chi connectivity index (χ0v) is 19.1. The first kappa shape index (κ1) is 23.1. The van der Waals surface area contributed by atoms with Crippen molar-refractivity contribution in [2.75, 3.05) is 22.9 Å². The number of benzene rings is 1. The average Bonchev–Trinajstić information content (AvgIpc) is 2.67. The third kappa shape index (κ3) is 5.57. The molecule has 10 nitrogen and oxygen atoms in total. The summed E-state index contributed by atoms with van der Waals surface area (Å²) in [6.07, 6.45) is 1.30. The Balaban J connectivity index is 1.84. The molecule has 0 radical (unpaired) electrons.